The fourth-order valence-corrected chi connectivity index (χ4v) is 7.06. The molecule has 5 nitrogen and oxygen atoms in total. The fraction of sp³-hybridized carbons (Fsp3) is 0.682. The summed E-state index contributed by atoms with van der Waals surface area (Å²) in [5, 5.41) is 0. The third-order valence-corrected chi connectivity index (χ3v) is 8.08. The Bertz CT molecular complexity index is 1000. The average Bonchev–Trinajstić information content (AvgIpc) is 3.25. The summed E-state index contributed by atoms with van der Waals surface area (Å²) in [7, 11) is -3.92. The van der Waals surface area contributed by atoms with Crippen molar-refractivity contribution in [2.75, 3.05) is 12.9 Å². The summed E-state index contributed by atoms with van der Waals surface area (Å²) in [5.41, 5.74) is -0.499. The molecule has 1 atom stereocenters. The Morgan fingerprint density at radius 2 is 1.65 bits per heavy atom. The molecule has 170 valence electrons. The normalized spacial score (nSPS) is 35.1. The number of hydrogen-bond donors (Lipinski definition) is 1. The first kappa shape index (κ1) is 21.1. The second-order valence-electron chi connectivity index (χ2n) is 10.3. The second kappa shape index (κ2) is 6.86. The standard InChI is InChI=1S/C22H26F3NO4S/c1-31(28,29)26-20(27)16-5-15(17-10-22(17,24)25)19(6-18(16)23)30-11-21-7-12-2-13(8-21)4-14(3-12)9-21/h5-6,12-14,17H,2-4,7-11H2,1H3,(H,26,27). The van der Waals surface area contributed by atoms with E-state index < -0.39 is 45.6 Å². The number of hydrogen-bond acceptors (Lipinski definition) is 4. The van der Waals surface area contributed by atoms with Crippen molar-refractivity contribution >= 4 is 15.9 Å². The van der Waals surface area contributed by atoms with Gasteiger partial charge in [-0.25, -0.2) is 26.3 Å². The largest absolute Gasteiger partial charge is 0.493 e. The van der Waals surface area contributed by atoms with Crippen LogP contribution in [0.25, 0.3) is 0 Å². The molecule has 5 fully saturated rings. The van der Waals surface area contributed by atoms with Crippen LogP contribution in [0.2, 0.25) is 0 Å². The molecule has 1 N–H and O–H groups in total. The van der Waals surface area contributed by atoms with E-state index in [4.69, 9.17) is 4.74 Å². The van der Waals surface area contributed by atoms with Gasteiger partial charge in [-0.2, -0.15) is 0 Å². The van der Waals surface area contributed by atoms with E-state index in [0.717, 1.165) is 37.7 Å². The lowest BCUT2D eigenvalue weighted by atomic mass is 9.50. The van der Waals surface area contributed by atoms with E-state index in [0.29, 0.717) is 24.4 Å². The number of benzene rings is 1. The van der Waals surface area contributed by atoms with Gasteiger partial charge in [-0.05, 0) is 62.3 Å². The Hall–Kier alpha value is -1.77. The SMILES string of the molecule is CS(=O)(=O)NC(=O)c1cc(C2CC2(F)F)c(OCC23CC4CC(CC(C4)C2)C3)cc1F. The zero-order valence-corrected chi connectivity index (χ0v) is 18.1. The molecule has 0 aromatic heterocycles. The van der Waals surface area contributed by atoms with E-state index in [1.165, 1.54) is 19.3 Å². The minimum atomic E-state index is -3.92. The van der Waals surface area contributed by atoms with Gasteiger partial charge in [0.15, 0.2) is 0 Å². The van der Waals surface area contributed by atoms with Crippen LogP contribution in [0.3, 0.4) is 0 Å². The van der Waals surface area contributed by atoms with Crippen molar-refractivity contribution in [3.63, 3.8) is 0 Å². The Kier molecular flexibility index (Phi) is 4.67. The average molecular weight is 458 g/mol. The summed E-state index contributed by atoms with van der Waals surface area (Å²) in [6.45, 7) is 0.357. The van der Waals surface area contributed by atoms with E-state index in [1.807, 2.05) is 0 Å². The zero-order chi connectivity index (χ0) is 22.2. The number of halogens is 3. The third-order valence-electron chi connectivity index (χ3n) is 7.52. The van der Waals surface area contributed by atoms with Gasteiger partial charge in [-0.15, -0.1) is 0 Å². The highest BCUT2D eigenvalue weighted by Crippen LogP contribution is 2.61. The number of rotatable bonds is 6. The van der Waals surface area contributed by atoms with Gasteiger partial charge in [0.05, 0.1) is 24.3 Å². The van der Waals surface area contributed by atoms with Crippen LogP contribution in [0, 0.1) is 29.0 Å². The van der Waals surface area contributed by atoms with E-state index in [1.54, 1.807) is 4.72 Å². The van der Waals surface area contributed by atoms with Gasteiger partial charge in [0.1, 0.15) is 11.6 Å². The van der Waals surface area contributed by atoms with E-state index in [9.17, 15) is 26.4 Å². The molecule has 5 aliphatic carbocycles. The smallest absolute Gasteiger partial charge is 0.267 e. The summed E-state index contributed by atoms with van der Waals surface area (Å²) in [5.74, 6) is -4.16. The molecular weight excluding hydrogens is 431 g/mol. The third kappa shape index (κ3) is 4.05. The molecule has 5 saturated carbocycles. The quantitative estimate of drug-likeness (QED) is 0.694. The first-order valence-electron chi connectivity index (χ1n) is 10.8. The van der Waals surface area contributed by atoms with Crippen LogP contribution in [0.15, 0.2) is 12.1 Å². The van der Waals surface area contributed by atoms with Crippen molar-refractivity contribution in [2.24, 2.45) is 23.2 Å². The van der Waals surface area contributed by atoms with Crippen molar-refractivity contribution in [2.45, 2.75) is 56.8 Å². The van der Waals surface area contributed by atoms with Crippen molar-refractivity contribution in [1.82, 2.24) is 4.72 Å². The molecule has 0 aliphatic heterocycles. The van der Waals surface area contributed by atoms with Crippen LogP contribution in [0.5, 0.6) is 5.75 Å². The van der Waals surface area contributed by atoms with Crippen LogP contribution in [0.1, 0.15) is 66.8 Å². The number of carbonyl (C=O) groups excluding carboxylic acids is 1. The zero-order valence-electron chi connectivity index (χ0n) is 17.3. The second-order valence-corrected chi connectivity index (χ2v) is 12.0. The monoisotopic (exact) mass is 457 g/mol. The Morgan fingerprint density at radius 3 is 2.13 bits per heavy atom. The number of sulfonamides is 1. The number of alkyl halides is 2. The Labute approximate surface area is 179 Å². The molecule has 9 heteroatoms. The van der Waals surface area contributed by atoms with Crippen molar-refractivity contribution in [1.29, 1.82) is 0 Å². The van der Waals surface area contributed by atoms with Gasteiger partial charge in [0, 0.05) is 23.5 Å². The van der Waals surface area contributed by atoms with Gasteiger partial charge in [-0.1, -0.05) is 0 Å². The van der Waals surface area contributed by atoms with Crippen LogP contribution in [-0.4, -0.2) is 33.1 Å². The Morgan fingerprint density at radius 1 is 1.10 bits per heavy atom. The van der Waals surface area contributed by atoms with E-state index in [-0.39, 0.29) is 16.7 Å². The molecule has 0 spiro atoms. The fourth-order valence-electron chi connectivity index (χ4n) is 6.61. The lowest BCUT2D eigenvalue weighted by Crippen LogP contribution is -2.48. The molecule has 0 heterocycles. The van der Waals surface area contributed by atoms with Crippen molar-refractivity contribution in [3.8, 4) is 5.75 Å². The topological polar surface area (TPSA) is 72.5 Å². The predicted molar refractivity (Wildman–Crippen MR) is 107 cm³/mol. The maximum Gasteiger partial charge on any atom is 0.267 e. The van der Waals surface area contributed by atoms with Crippen LogP contribution in [-0.2, 0) is 10.0 Å². The molecule has 1 amide bonds. The first-order chi connectivity index (χ1) is 14.4. The van der Waals surface area contributed by atoms with Crippen molar-refractivity contribution in [3.05, 3.63) is 29.1 Å². The molecule has 5 aliphatic rings. The van der Waals surface area contributed by atoms with Gasteiger partial charge in [-0.3, -0.25) is 4.79 Å². The summed E-state index contributed by atoms with van der Waals surface area (Å²) >= 11 is 0. The number of ether oxygens (including phenoxy) is 1. The molecule has 1 unspecified atom stereocenters. The number of nitrogens with one attached hydrogen (secondary N) is 1. The van der Waals surface area contributed by atoms with Crippen LogP contribution >= 0.6 is 0 Å². The lowest BCUT2D eigenvalue weighted by Gasteiger charge is -2.56. The maximum atomic E-state index is 14.7. The molecule has 0 saturated heterocycles. The number of amides is 1. The molecule has 4 bridgehead atoms. The maximum absolute atomic E-state index is 14.7. The van der Waals surface area contributed by atoms with E-state index >= 15 is 0 Å². The van der Waals surface area contributed by atoms with E-state index in [2.05, 4.69) is 0 Å². The predicted octanol–water partition coefficient (Wildman–Crippen LogP) is 4.23. The van der Waals surface area contributed by atoms with Gasteiger partial charge in [0.25, 0.3) is 11.8 Å². The summed E-state index contributed by atoms with van der Waals surface area (Å²) in [4.78, 5) is 12.2. The molecule has 1 aromatic rings. The summed E-state index contributed by atoms with van der Waals surface area (Å²) in [6, 6.07) is 1.98. The highest BCUT2D eigenvalue weighted by atomic mass is 32.2. The molecular formula is C22H26F3NO4S. The summed E-state index contributed by atoms with van der Waals surface area (Å²) in [6.07, 6.45) is 7.33. The van der Waals surface area contributed by atoms with Crippen LogP contribution < -0.4 is 9.46 Å². The Balaban J connectivity index is 1.42. The van der Waals surface area contributed by atoms with Crippen LogP contribution in [0.4, 0.5) is 13.2 Å². The van der Waals surface area contributed by atoms with Gasteiger partial charge >= 0.3 is 0 Å². The molecule has 31 heavy (non-hydrogen) atoms. The highest BCUT2D eigenvalue weighted by Gasteiger charge is 2.59. The highest BCUT2D eigenvalue weighted by molar-refractivity contribution is 7.89. The van der Waals surface area contributed by atoms with Gasteiger partial charge in [0.2, 0.25) is 10.0 Å². The first-order valence-corrected chi connectivity index (χ1v) is 12.7. The summed E-state index contributed by atoms with van der Waals surface area (Å²) < 4.78 is 72.8. The number of carbonyl (C=O) groups is 1. The molecule has 6 rings (SSSR count). The minimum absolute atomic E-state index is 0.0148. The van der Waals surface area contributed by atoms with Crippen molar-refractivity contribution < 1.29 is 31.1 Å². The minimum Gasteiger partial charge on any atom is -0.493 e. The van der Waals surface area contributed by atoms with Gasteiger partial charge < -0.3 is 4.74 Å². The molecule has 1 aromatic carbocycles. The molecule has 0 radical (unpaired) electrons. The lowest BCUT2D eigenvalue weighted by molar-refractivity contribution is -0.0747.